The average Bonchev–Trinajstić information content (AvgIpc) is 2.83. The molecule has 2 heterocycles. The summed E-state index contributed by atoms with van der Waals surface area (Å²) in [6, 6.07) is 8.12. The van der Waals surface area contributed by atoms with Crippen molar-refractivity contribution in [3.63, 3.8) is 0 Å². The summed E-state index contributed by atoms with van der Waals surface area (Å²) in [5, 5.41) is 1.17. The smallest absolute Gasteiger partial charge is 0.191 e. The van der Waals surface area contributed by atoms with Gasteiger partial charge in [0.2, 0.25) is 0 Å². The van der Waals surface area contributed by atoms with E-state index in [1.165, 1.54) is 10.9 Å². The molecule has 5 nitrogen and oxygen atoms in total. The Kier molecular flexibility index (Phi) is 6.29. The molecule has 126 valence electrons. The summed E-state index contributed by atoms with van der Waals surface area (Å²) in [5.41, 5.74) is 8.26. The van der Waals surface area contributed by atoms with E-state index in [1.54, 1.807) is 0 Å². The van der Waals surface area contributed by atoms with Crippen LogP contribution in [0.2, 0.25) is 0 Å². The Labute approximate surface area is 153 Å². The van der Waals surface area contributed by atoms with Gasteiger partial charge in [0.15, 0.2) is 5.96 Å². The van der Waals surface area contributed by atoms with Gasteiger partial charge in [0.1, 0.15) is 11.3 Å². The van der Waals surface area contributed by atoms with Crippen molar-refractivity contribution in [2.24, 2.45) is 10.7 Å². The molecule has 0 amide bonds. The molecule has 2 N–H and O–H groups in total. The van der Waals surface area contributed by atoms with E-state index in [1.807, 2.05) is 25.1 Å². The first-order chi connectivity index (χ1) is 10.6. The fourth-order valence-corrected chi connectivity index (χ4v) is 2.94. The number of aliphatic imine (C=N–C) groups is 1. The largest absolute Gasteiger partial charge is 0.461 e. The number of fused-ring (bicyclic) bond motifs is 1. The number of rotatable bonds is 3. The third-order valence-corrected chi connectivity index (χ3v) is 4.10. The van der Waals surface area contributed by atoms with Crippen LogP contribution in [0.1, 0.15) is 18.2 Å². The van der Waals surface area contributed by atoms with Gasteiger partial charge >= 0.3 is 0 Å². The number of furan rings is 1. The number of morpholine rings is 1. The minimum Gasteiger partial charge on any atom is -0.461 e. The summed E-state index contributed by atoms with van der Waals surface area (Å²) >= 11 is 0. The number of ether oxygens (including phenoxy) is 1. The van der Waals surface area contributed by atoms with Gasteiger partial charge in [0.25, 0.3) is 0 Å². The number of para-hydroxylation sites is 1. The van der Waals surface area contributed by atoms with Gasteiger partial charge in [-0.25, -0.2) is 0 Å². The molecule has 1 aliphatic rings. The Bertz CT molecular complexity index is 684. The van der Waals surface area contributed by atoms with Crippen molar-refractivity contribution in [1.82, 2.24) is 4.90 Å². The highest BCUT2D eigenvalue weighted by Crippen LogP contribution is 2.25. The molecule has 1 aromatic heterocycles. The Morgan fingerprint density at radius 1 is 1.39 bits per heavy atom. The molecular weight excluding hydrogens is 405 g/mol. The Hall–Kier alpha value is -1.28. The fraction of sp³-hybridized carbons (Fsp3) is 0.471. The number of hydrogen-bond acceptors (Lipinski definition) is 3. The number of benzene rings is 1. The Morgan fingerprint density at radius 2 is 2.17 bits per heavy atom. The summed E-state index contributed by atoms with van der Waals surface area (Å²) in [5.74, 6) is 1.58. The highest BCUT2D eigenvalue weighted by molar-refractivity contribution is 14.0. The lowest BCUT2D eigenvalue weighted by atomic mass is 10.1. The van der Waals surface area contributed by atoms with Crippen LogP contribution in [0.4, 0.5) is 0 Å². The molecule has 1 atom stereocenters. The molecule has 0 spiro atoms. The van der Waals surface area contributed by atoms with E-state index < -0.39 is 0 Å². The van der Waals surface area contributed by atoms with Crippen molar-refractivity contribution in [2.45, 2.75) is 26.4 Å². The van der Waals surface area contributed by atoms with E-state index in [9.17, 15) is 0 Å². The minimum atomic E-state index is 0. The lowest BCUT2D eigenvalue weighted by molar-refractivity contribution is 0.00530. The maximum Gasteiger partial charge on any atom is 0.191 e. The first-order valence-electron chi connectivity index (χ1n) is 7.78. The van der Waals surface area contributed by atoms with Crippen molar-refractivity contribution in [1.29, 1.82) is 0 Å². The SMILES string of the molecule is Cc1oc2ccccc2c1CCN=C(N)N1CCOC(C)C1.I. The predicted octanol–water partition coefficient (Wildman–Crippen LogP) is 2.94. The van der Waals surface area contributed by atoms with Crippen molar-refractivity contribution in [3.05, 3.63) is 35.6 Å². The van der Waals surface area contributed by atoms with E-state index >= 15 is 0 Å². The number of nitrogens with zero attached hydrogens (tertiary/aromatic N) is 2. The molecule has 0 bridgehead atoms. The predicted molar refractivity (Wildman–Crippen MR) is 104 cm³/mol. The summed E-state index contributed by atoms with van der Waals surface area (Å²) in [6.07, 6.45) is 1.05. The summed E-state index contributed by atoms with van der Waals surface area (Å²) in [7, 11) is 0. The molecule has 2 aromatic rings. The topological polar surface area (TPSA) is 64.0 Å². The zero-order chi connectivity index (χ0) is 15.5. The standard InChI is InChI=1S/C17H23N3O2.HI/c1-12-11-20(9-10-21-12)17(18)19-8-7-14-13(2)22-16-6-4-3-5-15(14)16;/h3-6,12H,7-11H2,1-2H3,(H2,18,19);1H. The molecule has 1 unspecified atom stereocenters. The lowest BCUT2D eigenvalue weighted by Gasteiger charge is -2.31. The second-order valence-corrected chi connectivity index (χ2v) is 5.75. The lowest BCUT2D eigenvalue weighted by Crippen LogP contribution is -2.47. The second-order valence-electron chi connectivity index (χ2n) is 5.75. The number of halogens is 1. The van der Waals surface area contributed by atoms with E-state index in [0.29, 0.717) is 19.1 Å². The molecule has 0 saturated carbocycles. The van der Waals surface area contributed by atoms with Gasteiger partial charge in [-0.05, 0) is 26.3 Å². The van der Waals surface area contributed by atoms with Gasteiger partial charge in [-0.3, -0.25) is 4.99 Å². The first-order valence-corrected chi connectivity index (χ1v) is 7.78. The van der Waals surface area contributed by atoms with E-state index in [4.69, 9.17) is 14.9 Å². The highest BCUT2D eigenvalue weighted by Gasteiger charge is 2.18. The maximum atomic E-state index is 6.10. The summed E-state index contributed by atoms with van der Waals surface area (Å²) in [4.78, 5) is 6.62. The first kappa shape index (κ1) is 18.1. The van der Waals surface area contributed by atoms with Gasteiger partial charge < -0.3 is 19.8 Å². The number of aryl methyl sites for hydroxylation is 1. The van der Waals surface area contributed by atoms with Crippen molar-refractivity contribution in [2.75, 3.05) is 26.2 Å². The van der Waals surface area contributed by atoms with Crippen molar-refractivity contribution >= 4 is 40.9 Å². The maximum absolute atomic E-state index is 6.10. The molecule has 1 aromatic carbocycles. The normalized spacial score (nSPS) is 19.0. The zero-order valence-electron chi connectivity index (χ0n) is 13.6. The van der Waals surface area contributed by atoms with Crippen molar-refractivity contribution < 1.29 is 9.15 Å². The molecule has 1 fully saturated rings. The van der Waals surface area contributed by atoms with Gasteiger partial charge in [0, 0.05) is 30.6 Å². The quantitative estimate of drug-likeness (QED) is 0.463. The molecule has 6 heteroatoms. The van der Waals surface area contributed by atoms with E-state index in [2.05, 4.69) is 22.9 Å². The summed E-state index contributed by atoms with van der Waals surface area (Å²) < 4.78 is 11.3. The number of hydrogen-bond donors (Lipinski definition) is 1. The van der Waals surface area contributed by atoms with Crippen LogP contribution >= 0.6 is 24.0 Å². The van der Waals surface area contributed by atoms with E-state index in [0.717, 1.165) is 30.9 Å². The third kappa shape index (κ3) is 4.17. The minimum absolute atomic E-state index is 0. The average molecular weight is 429 g/mol. The van der Waals surface area contributed by atoms with Crippen LogP contribution in [0.3, 0.4) is 0 Å². The highest BCUT2D eigenvalue weighted by atomic mass is 127. The van der Waals surface area contributed by atoms with Crippen molar-refractivity contribution in [3.8, 4) is 0 Å². The molecule has 1 aliphatic heterocycles. The van der Waals surface area contributed by atoms with Crippen LogP contribution in [0.15, 0.2) is 33.7 Å². The molecular formula is C17H24IN3O2. The molecule has 0 radical (unpaired) electrons. The van der Waals surface area contributed by atoms with Gasteiger partial charge in [-0.2, -0.15) is 0 Å². The third-order valence-electron chi connectivity index (χ3n) is 4.10. The van der Waals surface area contributed by atoms with Gasteiger partial charge in [0.05, 0.1) is 12.7 Å². The molecule has 1 saturated heterocycles. The molecule has 0 aliphatic carbocycles. The van der Waals surface area contributed by atoms with Crippen LogP contribution < -0.4 is 5.73 Å². The van der Waals surface area contributed by atoms with E-state index in [-0.39, 0.29) is 30.1 Å². The fourth-order valence-electron chi connectivity index (χ4n) is 2.94. The zero-order valence-corrected chi connectivity index (χ0v) is 15.9. The summed E-state index contributed by atoms with van der Waals surface area (Å²) in [6.45, 7) is 7.06. The van der Waals surface area contributed by atoms with Crippen LogP contribution in [0, 0.1) is 6.92 Å². The number of guanidine groups is 1. The molecule has 3 rings (SSSR count). The molecule has 23 heavy (non-hydrogen) atoms. The Balaban J connectivity index is 0.00000192. The number of nitrogens with two attached hydrogens (primary N) is 1. The van der Waals surface area contributed by atoms with Gasteiger partial charge in [-0.1, -0.05) is 18.2 Å². The monoisotopic (exact) mass is 429 g/mol. The van der Waals surface area contributed by atoms with Crippen LogP contribution in [-0.4, -0.2) is 43.2 Å². The second kappa shape index (κ2) is 8.01. The van der Waals surface area contributed by atoms with Gasteiger partial charge in [-0.15, -0.1) is 24.0 Å². The van der Waals surface area contributed by atoms with Crippen LogP contribution in [0.25, 0.3) is 11.0 Å². The Morgan fingerprint density at radius 3 is 2.96 bits per heavy atom. The van der Waals surface area contributed by atoms with Crippen LogP contribution in [-0.2, 0) is 11.2 Å². The van der Waals surface area contributed by atoms with Crippen LogP contribution in [0.5, 0.6) is 0 Å².